The molecule has 0 saturated carbocycles. The Morgan fingerprint density at radius 1 is 1.06 bits per heavy atom. The summed E-state index contributed by atoms with van der Waals surface area (Å²) in [4.78, 5) is 0. The second kappa shape index (κ2) is 4.42. The third-order valence-corrected chi connectivity index (χ3v) is 4.01. The van der Waals surface area contributed by atoms with Gasteiger partial charge < -0.3 is 5.32 Å². The maximum absolute atomic E-state index is 3.56. The van der Waals surface area contributed by atoms with Crippen LogP contribution < -0.4 is 5.32 Å². The zero-order valence-electron chi connectivity index (χ0n) is 9.65. The Balaban J connectivity index is 1.90. The minimum Gasteiger partial charge on any atom is -0.312 e. The number of hydrogen-bond donors (Lipinski definition) is 1. The SMILES string of the molecule is C1=C2CNC[C@@H](c3ccccc3)[C@H]2CCC1. The first-order valence-corrected chi connectivity index (χ1v) is 6.40. The van der Waals surface area contributed by atoms with Crippen LogP contribution in [0.15, 0.2) is 42.0 Å². The van der Waals surface area contributed by atoms with Gasteiger partial charge in [0.2, 0.25) is 0 Å². The summed E-state index contributed by atoms with van der Waals surface area (Å²) in [6, 6.07) is 11.0. The molecular formula is C15H19N. The zero-order chi connectivity index (χ0) is 10.8. The van der Waals surface area contributed by atoms with Crippen molar-refractivity contribution in [2.24, 2.45) is 5.92 Å². The number of piperidine rings is 1. The first kappa shape index (κ1) is 10.1. The molecule has 2 aliphatic rings. The van der Waals surface area contributed by atoms with Crippen LogP contribution in [0.5, 0.6) is 0 Å². The van der Waals surface area contributed by atoms with E-state index in [1.807, 2.05) is 0 Å². The van der Waals surface area contributed by atoms with Gasteiger partial charge in [-0.15, -0.1) is 0 Å². The van der Waals surface area contributed by atoms with Crippen LogP contribution in [-0.4, -0.2) is 13.1 Å². The lowest BCUT2D eigenvalue weighted by molar-refractivity contribution is 0.362. The van der Waals surface area contributed by atoms with Crippen LogP contribution in [0.2, 0.25) is 0 Å². The minimum atomic E-state index is 0.696. The Morgan fingerprint density at radius 2 is 1.94 bits per heavy atom. The normalized spacial score (nSPS) is 29.4. The zero-order valence-corrected chi connectivity index (χ0v) is 9.65. The first-order valence-electron chi connectivity index (χ1n) is 6.40. The number of hydrogen-bond acceptors (Lipinski definition) is 1. The second-order valence-corrected chi connectivity index (χ2v) is 4.96. The average molecular weight is 213 g/mol. The van der Waals surface area contributed by atoms with E-state index in [9.17, 15) is 0 Å². The molecule has 3 rings (SSSR count). The number of rotatable bonds is 1. The van der Waals surface area contributed by atoms with Crippen LogP contribution in [0.3, 0.4) is 0 Å². The molecule has 1 aliphatic carbocycles. The molecule has 1 nitrogen and oxygen atoms in total. The Kier molecular flexibility index (Phi) is 2.79. The average Bonchev–Trinajstić information content (AvgIpc) is 2.39. The van der Waals surface area contributed by atoms with Gasteiger partial charge in [-0.1, -0.05) is 42.0 Å². The molecule has 1 heteroatoms. The van der Waals surface area contributed by atoms with E-state index in [0.717, 1.165) is 19.0 Å². The molecule has 1 aromatic carbocycles. The van der Waals surface area contributed by atoms with E-state index in [4.69, 9.17) is 0 Å². The maximum Gasteiger partial charge on any atom is 0.0167 e. The lowest BCUT2D eigenvalue weighted by atomic mass is 9.73. The monoisotopic (exact) mass is 213 g/mol. The highest BCUT2D eigenvalue weighted by atomic mass is 14.9. The van der Waals surface area contributed by atoms with Gasteiger partial charge in [-0.2, -0.15) is 0 Å². The van der Waals surface area contributed by atoms with Gasteiger partial charge >= 0.3 is 0 Å². The highest BCUT2D eigenvalue weighted by molar-refractivity contribution is 5.28. The van der Waals surface area contributed by atoms with Gasteiger partial charge in [-0.3, -0.25) is 0 Å². The van der Waals surface area contributed by atoms with E-state index in [1.54, 1.807) is 5.57 Å². The highest BCUT2D eigenvalue weighted by Crippen LogP contribution is 2.38. The number of benzene rings is 1. The van der Waals surface area contributed by atoms with E-state index in [2.05, 4.69) is 41.7 Å². The third kappa shape index (κ3) is 1.80. The van der Waals surface area contributed by atoms with Crippen molar-refractivity contribution in [1.82, 2.24) is 5.32 Å². The molecule has 1 saturated heterocycles. The molecule has 1 aliphatic heterocycles. The summed E-state index contributed by atoms with van der Waals surface area (Å²) < 4.78 is 0. The molecule has 0 spiro atoms. The van der Waals surface area contributed by atoms with Crippen molar-refractivity contribution < 1.29 is 0 Å². The lowest BCUT2D eigenvalue weighted by Crippen LogP contribution is -2.38. The molecular weight excluding hydrogens is 194 g/mol. The molecule has 16 heavy (non-hydrogen) atoms. The van der Waals surface area contributed by atoms with Crippen LogP contribution in [0.4, 0.5) is 0 Å². The topological polar surface area (TPSA) is 12.0 Å². The molecule has 0 bridgehead atoms. The van der Waals surface area contributed by atoms with Gasteiger partial charge in [0.05, 0.1) is 0 Å². The van der Waals surface area contributed by atoms with E-state index in [1.165, 1.54) is 24.8 Å². The van der Waals surface area contributed by atoms with Crippen LogP contribution >= 0.6 is 0 Å². The van der Waals surface area contributed by atoms with Crippen molar-refractivity contribution in [3.8, 4) is 0 Å². The molecule has 1 aromatic rings. The summed E-state index contributed by atoms with van der Waals surface area (Å²) in [5, 5.41) is 3.56. The van der Waals surface area contributed by atoms with Gasteiger partial charge in [0.1, 0.15) is 0 Å². The molecule has 2 atom stereocenters. The van der Waals surface area contributed by atoms with Gasteiger partial charge in [0.15, 0.2) is 0 Å². The fourth-order valence-corrected chi connectivity index (χ4v) is 3.19. The van der Waals surface area contributed by atoms with Crippen molar-refractivity contribution in [3.05, 3.63) is 47.5 Å². The van der Waals surface area contributed by atoms with Crippen LogP contribution in [0.1, 0.15) is 30.7 Å². The van der Waals surface area contributed by atoms with Crippen molar-refractivity contribution in [1.29, 1.82) is 0 Å². The lowest BCUT2D eigenvalue weighted by Gasteiger charge is -2.37. The molecule has 1 N–H and O–H groups in total. The van der Waals surface area contributed by atoms with Crippen molar-refractivity contribution >= 4 is 0 Å². The fraction of sp³-hybridized carbons (Fsp3) is 0.467. The summed E-state index contributed by atoms with van der Waals surface area (Å²) in [6.07, 6.45) is 6.51. The summed E-state index contributed by atoms with van der Waals surface area (Å²) in [7, 11) is 0. The highest BCUT2D eigenvalue weighted by Gasteiger charge is 2.30. The predicted molar refractivity (Wildman–Crippen MR) is 67.5 cm³/mol. The molecule has 84 valence electrons. The van der Waals surface area contributed by atoms with E-state index >= 15 is 0 Å². The van der Waals surface area contributed by atoms with Gasteiger partial charge in [0.25, 0.3) is 0 Å². The number of fused-ring (bicyclic) bond motifs is 1. The standard InChI is InChI=1S/C15H19N/c1-2-6-12(7-3-1)15-11-16-10-13-8-4-5-9-14(13)15/h1-3,6-8,14-16H,4-5,9-11H2/t14-,15-/m0/s1. The molecule has 0 radical (unpaired) electrons. The summed E-state index contributed by atoms with van der Waals surface area (Å²) in [5.41, 5.74) is 3.17. The number of nitrogens with one attached hydrogen (secondary N) is 1. The molecule has 0 unspecified atom stereocenters. The second-order valence-electron chi connectivity index (χ2n) is 4.96. The first-order chi connectivity index (χ1) is 7.95. The molecule has 1 heterocycles. The molecule has 1 fully saturated rings. The Hall–Kier alpha value is -1.08. The van der Waals surface area contributed by atoms with Crippen molar-refractivity contribution in [2.75, 3.05) is 13.1 Å². The quantitative estimate of drug-likeness (QED) is 0.707. The Bertz CT molecular complexity index is 380. The smallest absolute Gasteiger partial charge is 0.0167 e. The van der Waals surface area contributed by atoms with E-state index < -0.39 is 0 Å². The fourth-order valence-electron chi connectivity index (χ4n) is 3.19. The number of allylic oxidation sites excluding steroid dienone is 1. The van der Waals surface area contributed by atoms with E-state index in [0.29, 0.717) is 5.92 Å². The Labute approximate surface area is 97.6 Å². The van der Waals surface area contributed by atoms with Crippen LogP contribution in [-0.2, 0) is 0 Å². The van der Waals surface area contributed by atoms with E-state index in [-0.39, 0.29) is 0 Å². The maximum atomic E-state index is 3.56. The predicted octanol–water partition coefficient (Wildman–Crippen LogP) is 3.10. The van der Waals surface area contributed by atoms with Crippen LogP contribution in [0, 0.1) is 5.92 Å². The van der Waals surface area contributed by atoms with Gasteiger partial charge in [-0.25, -0.2) is 0 Å². The molecule has 0 amide bonds. The summed E-state index contributed by atoms with van der Waals surface area (Å²) >= 11 is 0. The third-order valence-electron chi connectivity index (χ3n) is 4.01. The van der Waals surface area contributed by atoms with Crippen LogP contribution in [0.25, 0.3) is 0 Å². The molecule has 0 aromatic heterocycles. The summed E-state index contributed by atoms with van der Waals surface area (Å²) in [6.45, 7) is 2.26. The van der Waals surface area contributed by atoms with Crippen molar-refractivity contribution in [2.45, 2.75) is 25.2 Å². The summed E-state index contributed by atoms with van der Waals surface area (Å²) in [5.74, 6) is 1.50. The van der Waals surface area contributed by atoms with Gasteiger partial charge in [0, 0.05) is 19.0 Å². The van der Waals surface area contributed by atoms with Crippen molar-refractivity contribution in [3.63, 3.8) is 0 Å². The minimum absolute atomic E-state index is 0.696. The van der Waals surface area contributed by atoms with Gasteiger partial charge in [-0.05, 0) is 30.7 Å². The largest absolute Gasteiger partial charge is 0.312 e. The Morgan fingerprint density at radius 3 is 2.81 bits per heavy atom.